The van der Waals surface area contributed by atoms with Crippen LogP contribution in [0.3, 0.4) is 0 Å². The van der Waals surface area contributed by atoms with Crippen LogP contribution < -0.4 is 5.73 Å². The van der Waals surface area contributed by atoms with Crippen molar-refractivity contribution in [3.8, 4) is 0 Å². The predicted molar refractivity (Wildman–Crippen MR) is 102 cm³/mol. The van der Waals surface area contributed by atoms with Crippen LogP contribution in [0.5, 0.6) is 0 Å². The Morgan fingerprint density at radius 2 is 2.11 bits per heavy atom. The Hall–Kier alpha value is -2.06. The van der Waals surface area contributed by atoms with Gasteiger partial charge in [-0.15, -0.1) is 0 Å². The number of hydrogen-bond acceptors (Lipinski definition) is 5. The molecule has 2 aromatic heterocycles. The SMILES string of the molecule is CC(C1CCC(O)(c2ccc3ncnn3c2)CC1)C(N)C(=O)N1CCC(F)C1. The Bertz CT molecular complexity index is 848. The van der Waals surface area contributed by atoms with Crippen molar-refractivity contribution in [2.75, 3.05) is 13.1 Å². The zero-order valence-electron chi connectivity index (χ0n) is 16.2. The van der Waals surface area contributed by atoms with E-state index in [4.69, 9.17) is 5.73 Å². The number of pyridine rings is 1. The standard InChI is InChI=1S/C20H28FN5O2/c1-13(18(22)19(27)25-9-6-16(21)11-25)14-4-7-20(28,8-5-14)15-2-3-17-23-12-24-26(17)10-15/h2-3,10,12-14,16,18,28H,4-9,11,22H2,1H3. The minimum Gasteiger partial charge on any atom is -0.385 e. The highest BCUT2D eigenvalue weighted by atomic mass is 19.1. The lowest BCUT2D eigenvalue weighted by molar-refractivity contribution is -0.133. The van der Waals surface area contributed by atoms with E-state index in [0.29, 0.717) is 25.8 Å². The first-order valence-electron chi connectivity index (χ1n) is 10.1. The second-order valence-corrected chi connectivity index (χ2v) is 8.40. The first-order chi connectivity index (χ1) is 13.4. The van der Waals surface area contributed by atoms with Gasteiger partial charge < -0.3 is 15.7 Å². The van der Waals surface area contributed by atoms with Gasteiger partial charge in [-0.2, -0.15) is 5.10 Å². The van der Waals surface area contributed by atoms with Crippen LogP contribution in [0.25, 0.3) is 5.65 Å². The number of likely N-dealkylation sites (tertiary alicyclic amines) is 1. The molecule has 2 aliphatic rings. The second kappa shape index (κ2) is 7.40. The summed E-state index contributed by atoms with van der Waals surface area (Å²) in [6.07, 6.45) is 5.60. The highest BCUT2D eigenvalue weighted by molar-refractivity contribution is 5.82. The maximum absolute atomic E-state index is 13.4. The number of nitrogens with zero attached hydrogens (tertiary/aromatic N) is 4. The molecule has 0 bridgehead atoms. The largest absolute Gasteiger partial charge is 0.385 e. The number of carbonyl (C=O) groups is 1. The highest BCUT2D eigenvalue weighted by Crippen LogP contribution is 2.42. The lowest BCUT2D eigenvalue weighted by Crippen LogP contribution is -2.49. The summed E-state index contributed by atoms with van der Waals surface area (Å²) >= 11 is 0. The van der Waals surface area contributed by atoms with Crippen molar-refractivity contribution in [3.05, 3.63) is 30.2 Å². The van der Waals surface area contributed by atoms with Crippen LogP contribution in [0.1, 0.15) is 44.6 Å². The number of rotatable bonds is 4. The van der Waals surface area contributed by atoms with E-state index < -0.39 is 17.8 Å². The molecule has 3 N–H and O–H groups in total. The van der Waals surface area contributed by atoms with Crippen molar-refractivity contribution < 1.29 is 14.3 Å². The molecule has 1 aliphatic heterocycles. The number of nitrogens with two attached hydrogens (primary N) is 1. The van der Waals surface area contributed by atoms with Crippen molar-refractivity contribution in [1.82, 2.24) is 19.5 Å². The lowest BCUT2D eigenvalue weighted by Gasteiger charge is -2.40. The highest BCUT2D eigenvalue weighted by Gasteiger charge is 2.40. The van der Waals surface area contributed by atoms with Crippen LogP contribution in [0, 0.1) is 11.8 Å². The first-order valence-corrected chi connectivity index (χ1v) is 10.1. The normalized spacial score (nSPS) is 30.5. The number of hydrogen-bond donors (Lipinski definition) is 2. The number of fused-ring (bicyclic) bond motifs is 1. The van der Waals surface area contributed by atoms with Gasteiger partial charge in [-0.3, -0.25) is 4.79 Å². The Morgan fingerprint density at radius 1 is 1.36 bits per heavy atom. The molecule has 2 aromatic rings. The summed E-state index contributed by atoms with van der Waals surface area (Å²) in [4.78, 5) is 18.3. The van der Waals surface area contributed by atoms with Gasteiger partial charge in [0.2, 0.25) is 5.91 Å². The zero-order chi connectivity index (χ0) is 19.9. The first kappa shape index (κ1) is 19.3. The molecular weight excluding hydrogens is 361 g/mol. The van der Waals surface area contributed by atoms with E-state index in [9.17, 15) is 14.3 Å². The van der Waals surface area contributed by atoms with Crippen LogP contribution in [0.15, 0.2) is 24.7 Å². The van der Waals surface area contributed by atoms with Crippen molar-refractivity contribution in [3.63, 3.8) is 0 Å². The van der Waals surface area contributed by atoms with Gasteiger partial charge in [-0.1, -0.05) is 13.0 Å². The van der Waals surface area contributed by atoms with E-state index in [2.05, 4.69) is 10.1 Å². The van der Waals surface area contributed by atoms with Gasteiger partial charge in [0.25, 0.3) is 0 Å². The summed E-state index contributed by atoms with van der Waals surface area (Å²) in [6.45, 7) is 2.62. The number of aliphatic hydroxyl groups is 1. The molecule has 1 saturated carbocycles. The molecule has 4 rings (SSSR count). The fraction of sp³-hybridized carbons (Fsp3) is 0.650. The van der Waals surface area contributed by atoms with E-state index in [1.54, 1.807) is 9.42 Å². The van der Waals surface area contributed by atoms with Gasteiger partial charge in [0.1, 0.15) is 12.5 Å². The Kier molecular flexibility index (Phi) is 5.09. The summed E-state index contributed by atoms with van der Waals surface area (Å²) in [5, 5.41) is 15.3. The number of halogens is 1. The molecule has 2 fully saturated rings. The Morgan fingerprint density at radius 3 is 2.79 bits per heavy atom. The lowest BCUT2D eigenvalue weighted by atomic mass is 9.70. The van der Waals surface area contributed by atoms with Gasteiger partial charge in [0, 0.05) is 18.3 Å². The summed E-state index contributed by atoms with van der Waals surface area (Å²) in [7, 11) is 0. The molecule has 152 valence electrons. The molecule has 3 unspecified atom stereocenters. The smallest absolute Gasteiger partial charge is 0.239 e. The average Bonchev–Trinajstić information content (AvgIpc) is 3.35. The van der Waals surface area contributed by atoms with Gasteiger partial charge >= 0.3 is 0 Å². The van der Waals surface area contributed by atoms with Crippen LogP contribution in [0.4, 0.5) is 4.39 Å². The molecule has 1 aliphatic carbocycles. The summed E-state index contributed by atoms with van der Waals surface area (Å²) < 4.78 is 15.1. The molecule has 1 saturated heterocycles. The number of carbonyl (C=O) groups excluding carboxylic acids is 1. The van der Waals surface area contributed by atoms with Crippen LogP contribution >= 0.6 is 0 Å². The van der Waals surface area contributed by atoms with Crippen LogP contribution in [-0.2, 0) is 10.4 Å². The molecule has 3 heterocycles. The zero-order valence-corrected chi connectivity index (χ0v) is 16.2. The molecule has 8 heteroatoms. The molecule has 3 atom stereocenters. The fourth-order valence-corrected chi connectivity index (χ4v) is 4.67. The Balaban J connectivity index is 1.39. The van der Waals surface area contributed by atoms with Gasteiger partial charge in [0.15, 0.2) is 5.65 Å². The van der Waals surface area contributed by atoms with E-state index in [1.165, 1.54) is 6.33 Å². The second-order valence-electron chi connectivity index (χ2n) is 8.40. The predicted octanol–water partition coefficient (Wildman–Crippen LogP) is 1.64. The van der Waals surface area contributed by atoms with Crippen molar-refractivity contribution in [2.45, 2.75) is 56.8 Å². The molecular formula is C20H28FN5O2. The molecule has 0 radical (unpaired) electrons. The third-order valence-electron chi connectivity index (χ3n) is 6.71. The maximum Gasteiger partial charge on any atom is 0.239 e. The number of alkyl halides is 1. The summed E-state index contributed by atoms with van der Waals surface area (Å²) in [6, 6.07) is 3.15. The Labute approximate surface area is 163 Å². The minimum absolute atomic E-state index is 0.00601. The summed E-state index contributed by atoms with van der Waals surface area (Å²) in [5.74, 6) is 0.108. The van der Waals surface area contributed by atoms with Crippen LogP contribution in [-0.4, -0.2) is 55.8 Å². The topological polar surface area (TPSA) is 96.7 Å². The number of aromatic nitrogens is 3. The fourth-order valence-electron chi connectivity index (χ4n) is 4.67. The average molecular weight is 389 g/mol. The van der Waals surface area contributed by atoms with Crippen molar-refractivity contribution >= 4 is 11.6 Å². The van der Waals surface area contributed by atoms with Gasteiger partial charge in [-0.05, 0) is 50.0 Å². The number of amides is 1. The molecule has 28 heavy (non-hydrogen) atoms. The molecule has 1 amide bonds. The molecule has 0 aromatic carbocycles. The summed E-state index contributed by atoms with van der Waals surface area (Å²) in [5.41, 5.74) is 6.93. The van der Waals surface area contributed by atoms with E-state index >= 15 is 0 Å². The third kappa shape index (κ3) is 3.51. The maximum atomic E-state index is 13.4. The quantitative estimate of drug-likeness (QED) is 0.829. The van der Waals surface area contributed by atoms with Crippen LogP contribution in [0.2, 0.25) is 0 Å². The molecule has 0 spiro atoms. The minimum atomic E-state index is -0.932. The third-order valence-corrected chi connectivity index (χ3v) is 6.71. The molecule has 7 nitrogen and oxygen atoms in total. The van der Waals surface area contributed by atoms with Gasteiger partial charge in [-0.25, -0.2) is 13.9 Å². The van der Waals surface area contributed by atoms with E-state index in [0.717, 1.165) is 24.1 Å². The van der Waals surface area contributed by atoms with Crippen molar-refractivity contribution in [2.24, 2.45) is 17.6 Å². The monoisotopic (exact) mass is 389 g/mol. The van der Waals surface area contributed by atoms with E-state index in [-0.39, 0.29) is 24.3 Å². The van der Waals surface area contributed by atoms with Gasteiger partial charge in [0.05, 0.1) is 18.2 Å². The van der Waals surface area contributed by atoms with Crippen molar-refractivity contribution in [1.29, 1.82) is 0 Å². The van der Waals surface area contributed by atoms with E-state index in [1.807, 2.05) is 25.3 Å².